The Balaban J connectivity index is 3.14. The number of hydrogen-bond acceptors (Lipinski definition) is 3. The molecule has 64 valence electrons. The largest absolute Gasteiger partial charge is 0.463 e. The van der Waals surface area contributed by atoms with Gasteiger partial charge in [0.25, 0.3) is 0 Å². The van der Waals surface area contributed by atoms with Gasteiger partial charge in [0.2, 0.25) is 0 Å². The lowest BCUT2D eigenvalue weighted by molar-refractivity contribution is -0.137. The highest BCUT2D eigenvalue weighted by Gasteiger charge is 1.99. The molecule has 4 heteroatoms. The number of ether oxygens (including phenoxy) is 1. The van der Waals surface area contributed by atoms with E-state index in [1.807, 2.05) is 6.55 Å². The summed E-state index contributed by atoms with van der Waals surface area (Å²) in [5, 5.41) is 0. The van der Waals surface area contributed by atoms with Crippen LogP contribution in [0, 0.1) is 0 Å². The van der Waals surface area contributed by atoms with Gasteiger partial charge < -0.3 is 9.53 Å². The van der Waals surface area contributed by atoms with Gasteiger partial charge in [-0.05, 0) is 19.0 Å². The normalized spacial score (nSPS) is 12.2. The third-order valence-electron chi connectivity index (χ3n) is 1.18. The second kappa shape index (κ2) is 6.12. The molecule has 1 N–H and O–H groups in total. The molecule has 0 spiro atoms. The van der Waals surface area contributed by atoms with Crippen molar-refractivity contribution in [2.75, 3.05) is 6.61 Å². The van der Waals surface area contributed by atoms with E-state index in [9.17, 15) is 4.79 Å². The van der Waals surface area contributed by atoms with Crippen LogP contribution in [0.3, 0.4) is 0 Å². The third-order valence-corrected chi connectivity index (χ3v) is 2.42. The topological polar surface area (TPSA) is 46.5 Å². The fraction of sp³-hybridized carbons (Fsp3) is 0.571. The second-order valence-corrected chi connectivity index (χ2v) is 4.64. The molecule has 0 aliphatic rings. The molecule has 0 aromatic heterocycles. The number of carbonyl (C=O) groups is 1. The summed E-state index contributed by atoms with van der Waals surface area (Å²) in [5.41, 5.74) is 0. The smallest absolute Gasteiger partial charge is 0.330 e. The van der Waals surface area contributed by atoms with Gasteiger partial charge in [-0.25, -0.2) is 4.79 Å². The summed E-state index contributed by atoms with van der Waals surface area (Å²) < 4.78 is 4.70. The molecule has 1 unspecified atom stereocenters. The van der Waals surface area contributed by atoms with E-state index >= 15 is 0 Å². The Morgan fingerprint density at radius 3 is 2.91 bits per heavy atom. The van der Waals surface area contributed by atoms with Crippen molar-refractivity contribution in [3.8, 4) is 0 Å². The number of hydrogen-bond donors (Lipinski definition) is 1. The fourth-order valence-electron chi connectivity index (χ4n) is 0.610. The Kier molecular flexibility index (Phi) is 5.78. The van der Waals surface area contributed by atoms with E-state index in [0.717, 1.165) is 18.5 Å². The van der Waals surface area contributed by atoms with Crippen LogP contribution in [-0.2, 0) is 9.53 Å². The number of carbonyl (C=O) groups excluding carboxylic acids is 1. The van der Waals surface area contributed by atoms with Crippen LogP contribution in [-0.4, -0.2) is 26.4 Å². The molecule has 0 bridgehead atoms. The van der Waals surface area contributed by atoms with Crippen LogP contribution in [0.1, 0.15) is 6.42 Å². The molecule has 0 saturated carbocycles. The maximum Gasteiger partial charge on any atom is 0.330 e. The first-order valence-electron chi connectivity index (χ1n) is 3.64. The van der Waals surface area contributed by atoms with Gasteiger partial charge in [-0.3, -0.25) is 0 Å². The summed E-state index contributed by atoms with van der Waals surface area (Å²) in [6.07, 6.45) is 1.89. The lowest BCUT2D eigenvalue weighted by atomic mass is 10.5. The molecule has 0 aliphatic carbocycles. The zero-order chi connectivity index (χ0) is 8.69. The van der Waals surface area contributed by atoms with Gasteiger partial charge in [-0.15, -0.1) is 0 Å². The summed E-state index contributed by atoms with van der Waals surface area (Å²) in [4.78, 5) is 19.4. The molecule has 3 nitrogen and oxygen atoms in total. The Morgan fingerprint density at radius 2 is 2.45 bits per heavy atom. The molecule has 0 aliphatic heterocycles. The molecule has 0 radical (unpaired) electrons. The van der Waals surface area contributed by atoms with Crippen LogP contribution in [0.15, 0.2) is 12.7 Å². The Morgan fingerprint density at radius 1 is 1.82 bits per heavy atom. The van der Waals surface area contributed by atoms with E-state index in [0.29, 0.717) is 6.61 Å². The first-order valence-corrected chi connectivity index (χ1v) is 6.13. The lowest BCUT2D eigenvalue weighted by Gasteiger charge is -2.02. The molecule has 0 amide bonds. The van der Waals surface area contributed by atoms with Crippen LogP contribution in [0.4, 0.5) is 0 Å². The average molecular weight is 174 g/mol. The monoisotopic (exact) mass is 174 g/mol. The molecule has 0 rings (SSSR count). The zero-order valence-electron chi connectivity index (χ0n) is 6.75. The lowest BCUT2D eigenvalue weighted by Crippen LogP contribution is -2.08. The van der Waals surface area contributed by atoms with E-state index < -0.39 is 15.0 Å². The minimum atomic E-state index is -1.46. The third kappa shape index (κ3) is 7.28. The molecule has 0 aromatic rings. The summed E-state index contributed by atoms with van der Waals surface area (Å²) in [6.45, 7) is 5.49. The van der Waals surface area contributed by atoms with Gasteiger partial charge in [0, 0.05) is 6.08 Å². The number of esters is 1. The van der Waals surface area contributed by atoms with Gasteiger partial charge in [-0.1, -0.05) is 6.58 Å². The molecular formula is C7H14O3Si. The van der Waals surface area contributed by atoms with E-state index in [4.69, 9.17) is 9.53 Å². The highest BCUT2D eigenvalue weighted by molar-refractivity contribution is 6.48. The van der Waals surface area contributed by atoms with Gasteiger partial charge in [-0.2, -0.15) is 0 Å². The fourth-order valence-corrected chi connectivity index (χ4v) is 1.37. The van der Waals surface area contributed by atoms with E-state index in [1.165, 1.54) is 0 Å². The zero-order valence-corrected chi connectivity index (χ0v) is 7.90. The van der Waals surface area contributed by atoms with Gasteiger partial charge in [0.1, 0.15) is 0 Å². The minimum absolute atomic E-state index is 0.391. The molecule has 0 heterocycles. The van der Waals surface area contributed by atoms with Crippen molar-refractivity contribution in [3.63, 3.8) is 0 Å². The summed E-state index contributed by atoms with van der Waals surface area (Å²) in [6, 6.07) is 0.796. The SMILES string of the molecule is C=CC(=O)OCCC[SiH](C)O. The molecule has 0 fully saturated rings. The predicted molar refractivity (Wildman–Crippen MR) is 45.8 cm³/mol. The van der Waals surface area contributed by atoms with Crippen LogP contribution in [0.2, 0.25) is 12.6 Å². The summed E-state index contributed by atoms with van der Waals surface area (Å²) in [7, 11) is -1.46. The second-order valence-electron chi connectivity index (χ2n) is 2.36. The predicted octanol–water partition coefficient (Wildman–Crippen LogP) is 0.452. The van der Waals surface area contributed by atoms with Gasteiger partial charge >= 0.3 is 5.97 Å². The van der Waals surface area contributed by atoms with E-state index in [2.05, 4.69) is 6.58 Å². The van der Waals surface area contributed by atoms with Gasteiger partial charge in [0.15, 0.2) is 9.04 Å². The van der Waals surface area contributed by atoms with Crippen molar-refractivity contribution in [2.24, 2.45) is 0 Å². The van der Waals surface area contributed by atoms with E-state index in [-0.39, 0.29) is 0 Å². The Labute approximate surface area is 68.4 Å². The summed E-state index contributed by atoms with van der Waals surface area (Å²) >= 11 is 0. The van der Waals surface area contributed by atoms with Crippen LogP contribution in [0.25, 0.3) is 0 Å². The highest BCUT2D eigenvalue weighted by atomic mass is 28.3. The number of rotatable bonds is 5. The molecule has 0 aromatic carbocycles. The highest BCUT2D eigenvalue weighted by Crippen LogP contribution is 1.95. The van der Waals surface area contributed by atoms with Crippen molar-refractivity contribution in [2.45, 2.75) is 19.0 Å². The van der Waals surface area contributed by atoms with Crippen molar-refractivity contribution < 1.29 is 14.3 Å². The Bertz CT molecular complexity index is 134. The minimum Gasteiger partial charge on any atom is -0.463 e. The molecule has 11 heavy (non-hydrogen) atoms. The summed E-state index contributed by atoms with van der Waals surface area (Å²) in [5.74, 6) is -0.391. The maximum atomic E-state index is 10.5. The van der Waals surface area contributed by atoms with Gasteiger partial charge in [0.05, 0.1) is 6.61 Å². The van der Waals surface area contributed by atoms with Crippen molar-refractivity contribution in [1.82, 2.24) is 0 Å². The Hall–Kier alpha value is -0.613. The first-order chi connectivity index (χ1) is 5.16. The van der Waals surface area contributed by atoms with Crippen molar-refractivity contribution in [3.05, 3.63) is 12.7 Å². The molecule has 0 saturated heterocycles. The van der Waals surface area contributed by atoms with Crippen LogP contribution in [0.5, 0.6) is 0 Å². The standard InChI is InChI=1S/C7H14O3Si/c1-3-7(8)10-5-4-6-11(2)9/h3,9,11H,1,4-6H2,2H3. The average Bonchev–Trinajstić information content (AvgIpc) is 1.97. The quantitative estimate of drug-likeness (QED) is 0.285. The molecule has 1 atom stereocenters. The van der Waals surface area contributed by atoms with Crippen LogP contribution < -0.4 is 0 Å². The first kappa shape index (κ1) is 10.4. The van der Waals surface area contributed by atoms with Crippen LogP contribution >= 0.6 is 0 Å². The van der Waals surface area contributed by atoms with E-state index in [1.54, 1.807) is 0 Å². The maximum absolute atomic E-state index is 10.5. The molecular weight excluding hydrogens is 160 g/mol. The van der Waals surface area contributed by atoms with Crippen molar-refractivity contribution >= 4 is 15.0 Å². The van der Waals surface area contributed by atoms with Crippen molar-refractivity contribution in [1.29, 1.82) is 0 Å².